The van der Waals surface area contributed by atoms with Gasteiger partial charge >= 0.3 is 5.91 Å². The molecule has 2 rings (SSSR count). The van der Waals surface area contributed by atoms with Gasteiger partial charge in [0.1, 0.15) is 5.76 Å². The highest BCUT2D eigenvalue weighted by molar-refractivity contribution is 5.92. The molecule has 0 saturated carbocycles. The fourth-order valence-corrected chi connectivity index (χ4v) is 2.43. The maximum Gasteiger partial charge on any atom is 0.301 e. The minimum Gasteiger partial charge on any atom is -0.454 e. The molecule has 0 radical (unpaired) electrons. The average Bonchev–Trinajstić information content (AvgIpc) is 2.57. The smallest absolute Gasteiger partial charge is 0.301 e. The predicted molar refractivity (Wildman–Crippen MR) is 68.8 cm³/mol. The molecule has 0 atom stereocenters. The van der Waals surface area contributed by atoms with Gasteiger partial charge in [-0.1, -0.05) is 12.8 Å². The summed E-state index contributed by atoms with van der Waals surface area (Å²) in [6.07, 6.45) is 5.12. The second kappa shape index (κ2) is 6.02. The quantitative estimate of drug-likeness (QED) is 0.486. The Balaban J connectivity index is 2.02. The Bertz CT molecular complexity index is 406. The van der Waals surface area contributed by atoms with Gasteiger partial charge in [0.15, 0.2) is 5.76 Å². The number of furan rings is 1. The van der Waals surface area contributed by atoms with Gasteiger partial charge in [-0.2, -0.15) is 0 Å². The Labute approximate surface area is 107 Å². The lowest BCUT2D eigenvalue weighted by molar-refractivity contribution is 0.0921. The van der Waals surface area contributed by atoms with Crippen LogP contribution in [0.3, 0.4) is 0 Å². The standard InChI is InChI=1S/C13H21N3O2/c1-10-8-11(18-12(10)13(17)15-14)9-16-6-4-2-3-5-7-16/h8H,2-7,9,14H2,1H3,(H,15,17). The molecule has 5 heteroatoms. The van der Waals surface area contributed by atoms with Crippen molar-refractivity contribution < 1.29 is 9.21 Å². The number of carbonyl (C=O) groups excluding carboxylic acids is 1. The predicted octanol–water partition coefficient (Wildman–Crippen LogP) is 1.57. The fourth-order valence-electron chi connectivity index (χ4n) is 2.43. The van der Waals surface area contributed by atoms with Crippen LogP contribution in [0.1, 0.15) is 47.6 Å². The van der Waals surface area contributed by atoms with Gasteiger partial charge in [0.2, 0.25) is 0 Å². The molecule has 1 aromatic rings. The number of nitrogen functional groups attached to an aromatic ring is 1. The van der Waals surface area contributed by atoms with Crippen molar-refractivity contribution in [1.82, 2.24) is 10.3 Å². The second-order valence-corrected chi connectivity index (χ2v) is 4.89. The van der Waals surface area contributed by atoms with E-state index in [9.17, 15) is 4.79 Å². The van der Waals surface area contributed by atoms with Gasteiger partial charge in [0.25, 0.3) is 0 Å². The monoisotopic (exact) mass is 251 g/mol. The first-order valence-corrected chi connectivity index (χ1v) is 6.53. The summed E-state index contributed by atoms with van der Waals surface area (Å²) in [5, 5.41) is 0. The van der Waals surface area contributed by atoms with E-state index in [2.05, 4.69) is 10.3 Å². The molecule has 0 aromatic carbocycles. The Morgan fingerprint density at radius 2 is 2.06 bits per heavy atom. The SMILES string of the molecule is Cc1cc(CN2CCCCCC2)oc1C(=O)NN. The average molecular weight is 251 g/mol. The van der Waals surface area contributed by atoms with Gasteiger partial charge in [-0.3, -0.25) is 15.1 Å². The van der Waals surface area contributed by atoms with Crippen LogP contribution in [0.15, 0.2) is 10.5 Å². The zero-order valence-electron chi connectivity index (χ0n) is 10.9. The maximum atomic E-state index is 11.5. The Morgan fingerprint density at radius 1 is 1.39 bits per heavy atom. The Morgan fingerprint density at radius 3 is 2.67 bits per heavy atom. The van der Waals surface area contributed by atoms with Crippen molar-refractivity contribution in [1.29, 1.82) is 0 Å². The number of likely N-dealkylation sites (tertiary alicyclic amines) is 1. The molecule has 2 heterocycles. The minimum absolute atomic E-state index is 0.322. The Kier molecular flexibility index (Phi) is 4.38. The highest BCUT2D eigenvalue weighted by Crippen LogP contribution is 2.18. The number of hydrogen-bond donors (Lipinski definition) is 2. The van der Waals surface area contributed by atoms with Gasteiger partial charge in [0.05, 0.1) is 6.54 Å². The summed E-state index contributed by atoms with van der Waals surface area (Å²) >= 11 is 0. The number of rotatable bonds is 3. The number of carbonyl (C=O) groups is 1. The molecule has 1 fully saturated rings. The molecule has 0 spiro atoms. The highest BCUT2D eigenvalue weighted by atomic mass is 16.4. The zero-order chi connectivity index (χ0) is 13.0. The van der Waals surface area contributed by atoms with E-state index in [-0.39, 0.29) is 5.91 Å². The van der Waals surface area contributed by atoms with Gasteiger partial charge in [0, 0.05) is 5.56 Å². The topological polar surface area (TPSA) is 71.5 Å². The van der Waals surface area contributed by atoms with Crippen LogP contribution in [0.5, 0.6) is 0 Å². The van der Waals surface area contributed by atoms with E-state index in [4.69, 9.17) is 10.3 Å². The second-order valence-electron chi connectivity index (χ2n) is 4.89. The summed E-state index contributed by atoms with van der Waals surface area (Å²) in [4.78, 5) is 13.8. The van der Waals surface area contributed by atoms with E-state index in [0.717, 1.165) is 31.0 Å². The maximum absolute atomic E-state index is 11.5. The number of amides is 1. The van der Waals surface area contributed by atoms with Gasteiger partial charge < -0.3 is 4.42 Å². The van der Waals surface area contributed by atoms with Crippen LogP contribution in [-0.4, -0.2) is 23.9 Å². The number of nitrogens with zero attached hydrogens (tertiary/aromatic N) is 1. The Hall–Kier alpha value is -1.33. The first kappa shape index (κ1) is 13.1. The molecule has 1 aromatic heterocycles. The van der Waals surface area contributed by atoms with Crippen molar-refractivity contribution in [2.45, 2.75) is 39.2 Å². The molecule has 0 aliphatic carbocycles. The molecule has 3 N–H and O–H groups in total. The van der Waals surface area contributed by atoms with E-state index in [1.54, 1.807) is 0 Å². The molecule has 1 aliphatic heterocycles. The van der Waals surface area contributed by atoms with Crippen molar-refractivity contribution in [2.24, 2.45) is 5.84 Å². The molecule has 0 bridgehead atoms. The number of aryl methyl sites for hydroxylation is 1. The molecular weight excluding hydrogens is 230 g/mol. The lowest BCUT2D eigenvalue weighted by atomic mass is 10.2. The third kappa shape index (κ3) is 3.11. The highest BCUT2D eigenvalue weighted by Gasteiger charge is 2.17. The molecule has 1 amide bonds. The van der Waals surface area contributed by atoms with E-state index in [1.807, 2.05) is 13.0 Å². The van der Waals surface area contributed by atoms with E-state index >= 15 is 0 Å². The minimum atomic E-state index is -0.366. The lowest BCUT2D eigenvalue weighted by Crippen LogP contribution is -2.30. The van der Waals surface area contributed by atoms with Crippen LogP contribution in [0, 0.1) is 6.92 Å². The lowest BCUT2D eigenvalue weighted by Gasteiger charge is -2.17. The summed E-state index contributed by atoms with van der Waals surface area (Å²) in [7, 11) is 0. The number of hydrogen-bond acceptors (Lipinski definition) is 4. The van der Waals surface area contributed by atoms with Crippen LogP contribution in [0.2, 0.25) is 0 Å². The first-order chi connectivity index (χ1) is 8.70. The number of hydrazine groups is 1. The van der Waals surface area contributed by atoms with Crippen molar-refractivity contribution in [3.63, 3.8) is 0 Å². The van der Waals surface area contributed by atoms with Crippen molar-refractivity contribution >= 4 is 5.91 Å². The summed E-state index contributed by atoms with van der Waals surface area (Å²) < 4.78 is 5.58. The van der Waals surface area contributed by atoms with Crippen molar-refractivity contribution in [2.75, 3.05) is 13.1 Å². The third-order valence-corrected chi connectivity index (χ3v) is 3.38. The molecule has 1 aliphatic rings. The molecular formula is C13H21N3O2. The molecule has 18 heavy (non-hydrogen) atoms. The van der Waals surface area contributed by atoms with Gasteiger partial charge in [-0.05, 0) is 38.9 Å². The zero-order valence-corrected chi connectivity index (χ0v) is 10.9. The van der Waals surface area contributed by atoms with Crippen LogP contribution < -0.4 is 11.3 Å². The van der Waals surface area contributed by atoms with Crippen molar-refractivity contribution in [3.8, 4) is 0 Å². The van der Waals surface area contributed by atoms with E-state index in [0.29, 0.717) is 5.76 Å². The normalized spacial score (nSPS) is 17.4. The fraction of sp³-hybridized carbons (Fsp3) is 0.615. The first-order valence-electron chi connectivity index (χ1n) is 6.53. The molecule has 100 valence electrons. The molecule has 0 unspecified atom stereocenters. The van der Waals surface area contributed by atoms with E-state index in [1.165, 1.54) is 25.7 Å². The van der Waals surface area contributed by atoms with Crippen LogP contribution in [0.25, 0.3) is 0 Å². The number of nitrogens with two attached hydrogens (primary N) is 1. The summed E-state index contributed by atoms with van der Waals surface area (Å²) in [5.41, 5.74) is 2.94. The summed E-state index contributed by atoms with van der Waals surface area (Å²) in [5.74, 6) is 5.91. The van der Waals surface area contributed by atoms with Crippen LogP contribution >= 0.6 is 0 Å². The van der Waals surface area contributed by atoms with Gasteiger partial charge in [-0.25, -0.2) is 5.84 Å². The largest absolute Gasteiger partial charge is 0.454 e. The van der Waals surface area contributed by atoms with Crippen LogP contribution in [0.4, 0.5) is 0 Å². The summed E-state index contributed by atoms with van der Waals surface area (Å²) in [6, 6.07) is 1.93. The third-order valence-electron chi connectivity index (χ3n) is 3.38. The molecule has 1 saturated heterocycles. The van der Waals surface area contributed by atoms with Crippen LogP contribution in [-0.2, 0) is 6.54 Å². The van der Waals surface area contributed by atoms with Crippen molar-refractivity contribution in [3.05, 3.63) is 23.2 Å². The summed E-state index contributed by atoms with van der Waals surface area (Å²) in [6.45, 7) is 4.86. The van der Waals surface area contributed by atoms with E-state index < -0.39 is 0 Å². The number of nitrogens with one attached hydrogen (secondary N) is 1. The molecule has 5 nitrogen and oxygen atoms in total. The van der Waals surface area contributed by atoms with Gasteiger partial charge in [-0.15, -0.1) is 0 Å².